The number of ether oxygens (including phenoxy) is 1. The number of thiazole rings is 1. The second-order valence-corrected chi connectivity index (χ2v) is 6.43. The van der Waals surface area contributed by atoms with Crippen LogP contribution in [0.3, 0.4) is 0 Å². The molecule has 0 saturated heterocycles. The predicted molar refractivity (Wildman–Crippen MR) is 94.1 cm³/mol. The molecule has 0 spiro atoms. The Kier molecular flexibility index (Phi) is 5.05. The molecular formula is C18H17FN2O2S. The number of fused-ring (bicyclic) bond motifs is 1. The van der Waals surface area contributed by atoms with E-state index in [2.05, 4.69) is 10.3 Å². The molecule has 1 amide bonds. The molecule has 0 aliphatic heterocycles. The van der Waals surface area contributed by atoms with Crippen molar-refractivity contribution in [1.82, 2.24) is 4.98 Å². The van der Waals surface area contributed by atoms with Gasteiger partial charge in [-0.2, -0.15) is 0 Å². The van der Waals surface area contributed by atoms with Crippen molar-refractivity contribution >= 4 is 32.6 Å². The SMILES string of the molecule is Cc1ccccc1OCCCC(=O)Nc1nc2ccc(F)cc2s1. The number of rotatable bonds is 6. The first kappa shape index (κ1) is 16.4. The molecule has 3 rings (SSSR count). The van der Waals surface area contributed by atoms with E-state index in [4.69, 9.17) is 4.74 Å². The largest absolute Gasteiger partial charge is 0.493 e. The van der Waals surface area contributed by atoms with Crippen LogP contribution in [0.2, 0.25) is 0 Å². The highest BCUT2D eigenvalue weighted by atomic mass is 32.1. The van der Waals surface area contributed by atoms with Crippen LogP contribution in [0.5, 0.6) is 5.75 Å². The van der Waals surface area contributed by atoms with Crippen LogP contribution in [-0.4, -0.2) is 17.5 Å². The Morgan fingerprint density at radius 2 is 2.12 bits per heavy atom. The molecule has 24 heavy (non-hydrogen) atoms. The molecule has 6 heteroatoms. The fourth-order valence-corrected chi connectivity index (χ4v) is 3.17. The maximum absolute atomic E-state index is 13.2. The third-order valence-corrected chi connectivity index (χ3v) is 4.43. The summed E-state index contributed by atoms with van der Waals surface area (Å²) in [5.41, 5.74) is 1.75. The average Bonchev–Trinajstić information content (AvgIpc) is 2.94. The molecule has 0 aliphatic rings. The number of benzene rings is 2. The molecule has 124 valence electrons. The second kappa shape index (κ2) is 7.40. The zero-order valence-corrected chi connectivity index (χ0v) is 14.0. The average molecular weight is 344 g/mol. The van der Waals surface area contributed by atoms with E-state index in [-0.39, 0.29) is 11.7 Å². The van der Waals surface area contributed by atoms with Crippen molar-refractivity contribution in [2.24, 2.45) is 0 Å². The Bertz CT molecular complexity index is 863. The lowest BCUT2D eigenvalue weighted by molar-refractivity contribution is -0.116. The summed E-state index contributed by atoms with van der Waals surface area (Å²) in [5, 5.41) is 3.24. The van der Waals surface area contributed by atoms with E-state index in [9.17, 15) is 9.18 Å². The van der Waals surface area contributed by atoms with Gasteiger partial charge >= 0.3 is 0 Å². The van der Waals surface area contributed by atoms with Crippen LogP contribution in [0.25, 0.3) is 10.2 Å². The Morgan fingerprint density at radius 3 is 2.96 bits per heavy atom. The minimum atomic E-state index is -0.308. The first-order valence-corrected chi connectivity index (χ1v) is 8.48. The summed E-state index contributed by atoms with van der Waals surface area (Å²) < 4.78 is 19.5. The summed E-state index contributed by atoms with van der Waals surface area (Å²) in [5.74, 6) is 0.409. The van der Waals surface area contributed by atoms with Crippen LogP contribution in [0.15, 0.2) is 42.5 Å². The van der Waals surface area contributed by atoms with Crippen LogP contribution in [0.4, 0.5) is 9.52 Å². The zero-order valence-electron chi connectivity index (χ0n) is 13.2. The number of halogens is 1. The summed E-state index contributed by atoms with van der Waals surface area (Å²) in [6.45, 7) is 2.46. The number of aryl methyl sites for hydroxylation is 1. The van der Waals surface area contributed by atoms with Gasteiger partial charge in [0, 0.05) is 6.42 Å². The molecule has 1 heterocycles. The first-order chi connectivity index (χ1) is 11.6. The van der Waals surface area contributed by atoms with Gasteiger partial charge in [0.05, 0.1) is 16.8 Å². The van der Waals surface area contributed by atoms with Crippen molar-refractivity contribution in [3.63, 3.8) is 0 Å². The normalized spacial score (nSPS) is 10.8. The van der Waals surface area contributed by atoms with Crippen molar-refractivity contribution in [1.29, 1.82) is 0 Å². The molecule has 3 aromatic rings. The Morgan fingerprint density at radius 1 is 1.29 bits per heavy atom. The maximum atomic E-state index is 13.2. The highest BCUT2D eigenvalue weighted by Gasteiger charge is 2.08. The van der Waals surface area contributed by atoms with Gasteiger partial charge in [-0.3, -0.25) is 4.79 Å². The van der Waals surface area contributed by atoms with Gasteiger partial charge < -0.3 is 10.1 Å². The number of nitrogens with zero attached hydrogens (tertiary/aromatic N) is 1. The molecule has 0 saturated carbocycles. The van der Waals surface area contributed by atoms with E-state index in [0.717, 1.165) is 11.3 Å². The number of anilines is 1. The van der Waals surface area contributed by atoms with Gasteiger partial charge in [0.2, 0.25) is 5.91 Å². The zero-order chi connectivity index (χ0) is 16.9. The Labute approximate surface area is 143 Å². The third-order valence-electron chi connectivity index (χ3n) is 3.50. The number of carbonyl (C=O) groups excluding carboxylic acids is 1. The fraction of sp³-hybridized carbons (Fsp3) is 0.222. The van der Waals surface area contributed by atoms with E-state index >= 15 is 0 Å². The third kappa shape index (κ3) is 4.08. The van der Waals surface area contributed by atoms with Crippen molar-refractivity contribution in [3.8, 4) is 5.75 Å². The Hall–Kier alpha value is -2.47. The highest BCUT2D eigenvalue weighted by Crippen LogP contribution is 2.26. The number of nitrogens with one attached hydrogen (secondary N) is 1. The fourth-order valence-electron chi connectivity index (χ4n) is 2.27. The van der Waals surface area contributed by atoms with Crippen molar-refractivity contribution in [2.45, 2.75) is 19.8 Å². The van der Waals surface area contributed by atoms with Crippen LogP contribution in [0, 0.1) is 12.7 Å². The minimum absolute atomic E-state index is 0.122. The van der Waals surface area contributed by atoms with Gasteiger partial charge in [0.25, 0.3) is 0 Å². The van der Waals surface area contributed by atoms with E-state index in [1.165, 1.54) is 23.5 Å². The van der Waals surface area contributed by atoms with Crippen LogP contribution in [-0.2, 0) is 4.79 Å². The number of carbonyl (C=O) groups is 1. The van der Waals surface area contributed by atoms with Gasteiger partial charge in [-0.25, -0.2) is 9.37 Å². The summed E-state index contributed by atoms with van der Waals surface area (Å²) >= 11 is 1.26. The van der Waals surface area contributed by atoms with E-state index in [0.29, 0.717) is 34.8 Å². The highest BCUT2D eigenvalue weighted by molar-refractivity contribution is 7.22. The molecule has 0 unspecified atom stereocenters. The summed E-state index contributed by atoms with van der Waals surface area (Å²) in [4.78, 5) is 16.2. The van der Waals surface area contributed by atoms with Gasteiger partial charge in [-0.15, -0.1) is 0 Å². The van der Waals surface area contributed by atoms with E-state index < -0.39 is 0 Å². The second-order valence-electron chi connectivity index (χ2n) is 5.40. The molecule has 2 aromatic carbocycles. The molecule has 0 fully saturated rings. The van der Waals surface area contributed by atoms with E-state index in [1.807, 2.05) is 31.2 Å². The lowest BCUT2D eigenvalue weighted by Gasteiger charge is -2.08. The molecule has 0 radical (unpaired) electrons. The van der Waals surface area contributed by atoms with Crippen LogP contribution >= 0.6 is 11.3 Å². The smallest absolute Gasteiger partial charge is 0.226 e. The minimum Gasteiger partial charge on any atom is -0.493 e. The molecule has 0 aliphatic carbocycles. The number of aromatic nitrogens is 1. The number of amides is 1. The van der Waals surface area contributed by atoms with Gasteiger partial charge in [-0.05, 0) is 43.2 Å². The monoisotopic (exact) mass is 344 g/mol. The summed E-state index contributed by atoms with van der Waals surface area (Å²) in [6.07, 6.45) is 0.954. The first-order valence-electron chi connectivity index (χ1n) is 7.66. The predicted octanol–water partition coefficient (Wildman–Crippen LogP) is 4.54. The van der Waals surface area contributed by atoms with Crippen molar-refractivity contribution < 1.29 is 13.9 Å². The molecule has 4 nitrogen and oxygen atoms in total. The van der Waals surface area contributed by atoms with E-state index in [1.54, 1.807) is 6.07 Å². The molecule has 1 aromatic heterocycles. The molecular weight excluding hydrogens is 327 g/mol. The lowest BCUT2D eigenvalue weighted by Crippen LogP contribution is -2.12. The molecule has 0 bridgehead atoms. The van der Waals surface area contributed by atoms with Crippen LogP contribution in [0.1, 0.15) is 18.4 Å². The maximum Gasteiger partial charge on any atom is 0.226 e. The Balaban J connectivity index is 1.47. The van der Waals surface area contributed by atoms with Gasteiger partial charge in [0.1, 0.15) is 11.6 Å². The van der Waals surface area contributed by atoms with Crippen LogP contribution < -0.4 is 10.1 Å². The number of para-hydroxylation sites is 1. The summed E-state index contributed by atoms with van der Waals surface area (Å²) in [7, 11) is 0. The number of hydrogen-bond donors (Lipinski definition) is 1. The number of hydrogen-bond acceptors (Lipinski definition) is 4. The van der Waals surface area contributed by atoms with Crippen molar-refractivity contribution in [2.75, 3.05) is 11.9 Å². The van der Waals surface area contributed by atoms with Gasteiger partial charge in [0.15, 0.2) is 5.13 Å². The van der Waals surface area contributed by atoms with Crippen molar-refractivity contribution in [3.05, 3.63) is 53.8 Å². The molecule has 0 atom stereocenters. The standard InChI is InChI=1S/C18H17FN2O2S/c1-12-5-2-3-6-15(12)23-10-4-7-17(22)21-18-20-14-9-8-13(19)11-16(14)24-18/h2-3,5-6,8-9,11H,4,7,10H2,1H3,(H,20,21,22). The lowest BCUT2D eigenvalue weighted by atomic mass is 10.2. The quantitative estimate of drug-likeness (QED) is 0.668. The summed E-state index contributed by atoms with van der Waals surface area (Å²) in [6, 6.07) is 12.2. The molecule has 1 N–H and O–H groups in total. The topological polar surface area (TPSA) is 51.2 Å². The van der Waals surface area contributed by atoms with Gasteiger partial charge in [-0.1, -0.05) is 29.5 Å².